The Bertz CT molecular complexity index is 384. The maximum atomic E-state index is 12.2. The Balaban J connectivity index is 2.64. The molecule has 0 saturated heterocycles. The second kappa shape index (κ2) is 8.08. The highest BCUT2D eigenvalue weighted by molar-refractivity contribution is 5.97. The van der Waals surface area contributed by atoms with Crippen molar-refractivity contribution < 1.29 is 9.53 Å². The monoisotopic (exact) mass is 263 g/mol. The van der Waals surface area contributed by atoms with Gasteiger partial charge in [0.1, 0.15) is 0 Å². The van der Waals surface area contributed by atoms with E-state index in [0.717, 1.165) is 18.5 Å². The van der Waals surface area contributed by atoms with E-state index in [0.29, 0.717) is 19.2 Å². The lowest BCUT2D eigenvalue weighted by Gasteiger charge is -2.25. The van der Waals surface area contributed by atoms with E-state index in [1.807, 2.05) is 24.3 Å². The van der Waals surface area contributed by atoms with Gasteiger partial charge in [0.05, 0.1) is 13.2 Å². The number of ketones is 1. The first kappa shape index (κ1) is 15.9. The average Bonchev–Trinajstić information content (AvgIpc) is 2.43. The van der Waals surface area contributed by atoms with Crippen molar-refractivity contribution in [1.82, 2.24) is 4.90 Å². The van der Waals surface area contributed by atoms with Crippen molar-refractivity contribution in [2.45, 2.75) is 33.2 Å². The Morgan fingerprint density at radius 3 is 2.37 bits per heavy atom. The van der Waals surface area contributed by atoms with Crippen molar-refractivity contribution in [1.29, 1.82) is 0 Å². The number of carbonyl (C=O) groups excluding carboxylic acids is 1. The van der Waals surface area contributed by atoms with E-state index in [9.17, 15) is 4.79 Å². The van der Waals surface area contributed by atoms with Crippen LogP contribution < -0.4 is 0 Å². The highest BCUT2D eigenvalue weighted by Crippen LogP contribution is 2.08. The van der Waals surface area contributed by atoms with E-state index in [1.54, 1.807) is 7.11 Å². The van der Waals surface area contributed by atoms with E-state index in [-0.39, 0.29) is 5.78 Å². The van der Waals surface area contributed by atoms with Crippen LogP contribution in [0, 0.1) is 0 Å². The zero-order valence-corrected chi connectivity index (χ0v) is 12.5. The summed E-state index contributed by atoms with van der Waals surface area (Å²) in [5.41, 5.74) is 2.05. The minimum absolute atomic E-state index is 0.174. The molecule has 3 nitrogen and oxygen atoms in total. The lowest BCUT2D eigenvalue weighted by molar-refractivity contribution is 0.0852. The van der Waals surface area contributed by atoms with Crippen LogP contribution >= 0.6 is 0 Å². The van der Waals surface area contributed by atoms with Gasteiger partial charge in [-0.15, -0.1) is 0 Å². The summed E-state index contributed by atoms with van der Waals surface area (Å²) in [7, 11) is 1.68. The van der Waals surface area contributed by atoms with E-state index in [1.165, 1.54) is 5.56 Å². The van der Waals surface area contributed by atoms with Gasteiger partial charge in [0, 0.05) is 25.3 Å². The van der Waals surface area contributed by atoms with Gasteiger partial charge in [0.25, 0.3) is 0 Å². The van der Waals surface area contributed by atoms with Crippen LogP contribution in [0.1, 0.15) is 36.7 Å². The molecule has 0 aromatic heterocycles. The Hall–Kier alpha value is -1.19. The van der Waals surface area contributed by atoms with Gasteiger partial charge in [-0.05, 0) is 25.8 Å². The van der Waals surface area contributed by atoms with Crippen LogP contribution in [-0.4, -0.2) is 43.5 Å². The molecule has 0 bridgehead atoms. The molecule has 0 aliphatic carbocycles. The number of rotatable bonds is 8. The summed E-state index contributed by atoms with van der Waals surface area (Å²) in [6, 6.07) is 8.25. The first-order valence-corrected chi connectivity index (χ1v) is 6.93. The lowest BCUT2D eigenvalue weighted by Crippen LogP contribution is -2.38. The molecule has 1 aromatic carbocycles. The summed E-state index contributed by atoms with van der Waals surface area (Å²) < 4.78 is 5.09. The van der Waals surface area contributed by atoms with Crippen molar-refractivity contribution in [3.05, 3.63) is 35.4 Å². The Morgan fingerprint density at radius 2 is 1.89 bits per heavy atom. The summed E-state index contributed by atoms with van der Waals surface area (Å²) in [5, 5.41) is 0. The smallest absolute Gasteiger partial charge is 0.176 e. The van der Waals surface area contributed by atoms with E-state index < -0.39 is 0 Å². The normalized spacial score (nSPS) is 11.3. The predicted octanol–water partition coefficient (Wildman–Crippen LogP) is 2.79. The highest BCUT2D eigenvalue weighted by atomic mass is 16.5. The number of hydrogen-bond acceptors (Lipinski definition) is 3. The number of carbonyl (C=O) groups is 1. The van der Waals surface area contributed by atoms with E-state index in [4.69, 9.17) is 4.74 Å². The third-order valence-corrected chi connectivity index (χ3v) is 3.34. The predicted molar refractivity (Wildman–Crippen MR) is 78.7 cm³/mol. The zero-order chi connectivity index (χ0) is 14.3. The lowest BCUT2D eigenvalue weighted by atomic mass is 10.1. The molecule has 0 fully saturated rings. The second-order valence-electron chi connectivity index (χ2n) is 5.03. The molecule has 106 valence electrons. The largest absolute Gasteiger partial charge is 0.383 e. The molecule has 0 N–H and O–H groups in total. The van der Waals surface area contributed by atoms with Crippen molar-refractivity contribution in [3.8, 4) is 0 Å². The van der Waals surface area contributed by atoms with Gasteiger partial charge < -0.3 is 4.74 Å². The number of benzene rings is 1. The summed E-state index contributed by atoms with van der Waals surface area (Å²) in [6.07, 6.45) is 1.00. The Morgan fingerprint density at radius 1 is 1.26 bits per heavy atom. The number of hydrogen-bond donors (Lipinski definition) is 0. The molecule has 0 aliphatic heterocycles. The molecule has 0 atom stereocenters. The Labute approximate surface area is 116 Å². The summed E-state index contributed by atoms with van der Waals surface area (Å²) in [4.78, 5) is 14.4. The summed E-state index contributed by atoms with van der Waals surface area (Å²) >= 11 is 0. The zero-order valence-electron chi connectivity index (χ0n) is 12.5. The van der Waals surface area contributed by atoms with Gasteiger partial charge in [-0.25, -0.2) is 0 Å². The van der Waals surface area contributed by atoms with Crippen molar-refractivity contribution in [2.24, 2.45) is 0 Å². The molecule has 0 amide bonds. The van der Waals surface area contributed by atoms with Crippen LogP contribution in [0.3, 0.4) is 0 Å². The molecule has 3 heteroatoms. The van der Waals surface area contributed by atoms with E-state index >= 15 is 0 Å². The van der Waals surface area contributed by atoms with Gasteiger partial charge in [0.15, 0.2) is 5.78 Å². The molecule has 0 aliphatic rings. The fourth-order valence-electron chi connectivity index (χ4n) is 1.93. The average molecular weight is 263 g/mol. The first-order valence-electron chi connectivity index (χ1n) is 6.93. The quantitative estimate of drug-likeness (QED) is 0.675. The Kier molecular flexibility index (Phi) is 6.74. The number of Topliss-reactive ketones (excluding diaryl/α,β-unsaturated/α-hetero) is 1. The molecule has 0 spiro atoms. The fourth-order valence-corrected chi connectivity index (χ4v) is 1.93. The number of nitrogens with zero attached hydrogens (tertiary/aromatic N) is 1. The minimum Gasteiger partial charge on any atom is -0.383 e. The highest BCUT2D eigenvalue weighted by Gasteiger charge is 2.15. The van der Waals surface area contributed by atoms with Crippen LogP contribution in [-0.2, 0) is 11.2 Å². The van der Waals surface area contributed by atoms with Gasteiger partial charge in [-0.3, -0.25) is 9.69 Å². The molecule has 0 heterocycles. The molecule has 0 radical (unpaired) electrons. The van der Waals surface area contributed by atoms with Crippen LogP contribution in [0.15, 0.2) is 24.3 Å². The van der Waals surface area contributed by atoms with Gasteiger partial charge in [-0.2, -0.15) is 0 Å². The van der Waals surface area contributed by atoms with Gasteiger partial charge >= 0.3 is 0 Å². The summed E-state index contributed by atoms with van der Waals surface area (Å²) in [6.45, 7) is 8.20. The minimum atomic E-state index is 0.174. The van der Waals surface area contributed by atoms with Crippen LogP contribution in [0.4, 0.5) is 0 Å². The third-order valence-electron chi connectivity index (χ3n) is 3.34. The standard InChI is InChI=1S/C16H25NO2/c1-5-14-6-8-15(9-7-14)16(18)12-17(13(2)3)10-11-19-4/h6-9,13H,5,10-12H2,1-4H3. The first-order chi connectivity index (χ1) is 9.08. The molecule has 0 unspecified atom stereocenters. The number of ether oxygens (including phenoxy) is 1. The van der Waals surface area contributed by atoms with Crippen molar-refractivity contribution >= 4 is 5.78 Å². The molecular weight excluding hydrogens is 238 g/mol. The molecule has 1 rings (SSSR count). The van der Waals surface area contributed by atoms with E-state index in [2.05, 4.69) is 25.7 Å². The summed E-state index contributed by atoms with van der Waals surface area (Å²) in [5.74, 6) is 0.174. The maximum Gasteiger partial charge on any atom is 0.176 e. The molecular formula is C16H25NO2. The number of methoxy groups -OCH3 is 1. The molecule has 1 aromatic rings. The van der Waals surface area contributed by atoms with Crippen LogP contribution in [0.2, 0.25) is 0 Å². The topological polar surface area (TPSA) is 29.5 Å². The van der Waals surface area contributed by atoms with Crippen molar-refractivity contribution in [3.63, 3.8) is 0 Å². The van der Waals surface area contributed by atoms with Crippen LogP contribution in [0.5, 0.6) is 0 Å². The third kappa shape index (κ3) is 5.13. The molecule has 19 heavy (non-hydrogen) atoms. The second-order valence-corrected chi connectivity index (χ2v) is 5.03. The number of aryl methyl sites for hydroxylation is 1. The fraction of sp³-hybridized carbons (Fsp3) is 0.562. The maximum absolute atomic E-state index is 12.2. The van der Waals surface area contributed by atoms with Crippen molar-refractivity contribution in [2.75, 3.05) is 26.8 Å². The SMILES string of the molecule is CCc1ccc(C(=O)CN(CCOC)C(C)C)cc1. The molecule has 0 saturated carbocycles. The van der Waals surface area contributed by atoms with Gasteiger partial charge in [0.2, 0.25) is 0 Å². The van der Waals surface area contributed by atoms with Gasteiger partial charge in [-0.1, -0.05) is 31.2 Å². The van der Waals surface area contributed by atoms with Crippen LogP contribution in [0.25, 0.3) is 0 Å².